The standard InChI is InChI=1S/C23H26N4O2/c1-17-8-12-26(13-9-17)23(29)21(10-14-25-11-4-6-19(25)16-24)27-20-7-3-2-5-18(20)15-22(27)28/h2-7,11,17,21H,8-10,12-15H2,1H3. The lowest BCUT2D eigenvalue weighted by atomic mass is 9.98. The number of aromatic nitrogens is 1. The molecule has 0 spiro atoms. The van der Waals surface area contributed by atoms with E-state index in [1.165, 1.54) is 0 Å². The SMILES string of the molecule is CC1CCN(C(=O)C(CCn2cccc2C#N)N2C(=O)Cc3ccccc32)CC1. The van der Waals surface area contributed by atoms with Gasteiger partial charge in [0.05, 0.1) is 6.42 Å². The minimum absolute atomic E-state index is 0.0209. The average molecular weight is 390 g/mol. The second-order valence-electron chi connectivity index (χ2n) is 8.08. The molecule has 150 valence electrons. The molecule has 6 heteroatoms. The van der Waals surface area contributed by atoms with Crippen molar-refractivity contribution in [1.82, 2.24) is 9.47 Å². The van der Waals surface area contributed by atoms with Crippen LogP contribution >= 0.6 is 0 Å². The molecule has 2 amide bonds. The maximum atomic E-state index is 13.5. The summed E-state index contributed by atoms with van der Waals surface area (Å²) in [5.74, 6) is 0.625. The van der Waals surface area contributed by atoms with E-state index in [0.29, 0.717) is 31.0 Å². The van der Waals surface area contributed by atoms with Gasteiger partial charge in [-0.1, -0.05) is 25.1 Å². The molecule has 2 aliphatic heterocycles. The second kappa shape index (κ2) is 8.12. The number of benzene rings is 1. The fourth-order valence-electron chi connectivity index (χ4n) is 4.39. The third kappa shape index (κ3) is 3.77. The Morgan fingerprint density at radius 3 is 2.72 bits per heavy atom. The number of nitriles is 1. The van der Waals surface area contributed by atoms with Crippen molar-refractivity contribution in [2.45, 2.75) is 45.2 Å². The topological polar surface area (TPSA) is 69.3 Å². The summed E-state index contributed by atoms with van der Waals surface area (Å²) in [6.07, 6.45) is 4.67. The summed E-state index contributed by atoms with van der Waals surface area (Å²) in [5, 5.41) is 9.28. The number of amides is 2. The highest BCUT2D eigenvalue weighted by Crippen LogP contribution is 2.32. The number of rotatable bonds is 5. The molecule has 0 aliphatic carbocycles. The van der Waals surface area contributed by atoms with Gasteiger partial charge in [0.2, 0.25) is 11.8 Å². The maximum absolute atomic E-state index is 13.5. The van der Waals surface area contributed by atoms with Crippen molar-refractivity contribution in [3.05, 3.63) is 53.9 Å². The zero-order chi connectivity index (χ0) is 20.4. The molecule has 1 aromatic carbocycles. The molecule has 0 N–H and O–H groups in total. The van der Waals surface area contributed by atoms with Gasteiger partial charge in [0, 0.05) is 31.5 Å². The van der Waals surface area contributed by atoms with Crippen molar-refractivity contribution in [3.63, 3.8) is 0 Å². The summed E-state index contributed by atoms with van der Waals surface area (Å²) in [6, 6.07) is 12.9. The van der Waals surface area contributed by atoms with Crippen LogP contribution in [0.5, 0.6) is 0 Å². The zero-order valence-corrected chi connectivity index (χ0v) is 16.8. The number of hydrogen-bond acceptors (Lipinski definition) is 3. The number of hydrogen-bond donors (Lipinski definition) is 0. The van der Waals surface area contributed by atoms with Crippen molar-refractivity contribution in [3.8, 4) is 6.07 Å². The monoisotopic (exact) mass is 390 g/mol. The summed E-state index contributed by atoms with van der Waals surface area (Å²) in [7, 11) is 0. The molecule has 1 unspecified atom stereocenters. The predicted molar refractivity (Wildman–Crippen MR) is 110 cm³/mol. The smallest absolute Gasteiger partial charge is 0.245 e. The lowest BCUT2D eigenvalue weighted by Crippen LogP contribution is -2.52. The van der Waals surface area contributed by atoms with Crippen molar-refractivity contribution in [2.75, 3.05) is 18.0 Å². The van der Waals surface area contributed by atoms with Gasteiger partial charge >= 0.3 is 0 Å². The first-order valence-electron chi connectivity index (χ1n) is 10.3. The molecule has 1 fully saturated rings. The molecule has 3 heterocycles. The van der Waals surface area contributed by atoms with E-state index >= 15 is 0 Å². The van der Waals surface area contributed by atoms with Crippen molar-refractivity contribution < 1.29 is 9.59 Å². The third-order valence-corrected chi connectivity index (χ3v) is 6.14. The third-order valence-electron chi connectivity index (χ3n) is 6.14. The first kappa shape index (κ1) is 19.3. The number of carbonyl (C=O) groups excluding carboxylic acids is 2. The minimum Gasteiger partial charge on any atom is -0.341 e. The molecule has 0 saturated carbocycles. The van der Waals surface area contributed by atoms with Gasteiger partial charge in [-0.2, -0.15) is 5.26 Å². The molecule has 2 aromatic rings. The number of likely N-dealkylation sites (tertiary alicyclic amines) is 1. The summed E-state index contributed by atoms with van der Waals surface area (Å²) >= 11 is 0. The highest BCUT2D eigenvalue weighted by atomic mass is 16.2. The van der Waals surface area contributed by atoms with E-state index in [2.05, 4.69) is 13.0 Å². The molecule has 6 nitrogen and oxygen atoms in total. The normalized spacial score (nSPS) is 17.9. The molecule has 0 bridgehead atoms. The fraction of sp³-hybridized carbons (Fsp3) is 0.435. The minimum atomic E-state index is -0.548. The van der Waals surface area contributed by atoms with E-state index in [1.54, 1.807) is 11.0 Å². The van der Waals surface area contributed by atoms with Crippen LogP contribution in [-0.4, -0.2) is 40.4 Å². The summed E-state index contributed by atoms with van der Waals surface area (Å²) < 4.78 is 1.85. The molecule has 0 radical (unpaired) electrons. The van der Waals surface area contributed by atoms with Crippen LogP contribution in [0.25, 0.3) is 0 Å². The first-order chi connectivity index (χ1) is 14.1. The van der Waals surface area contributed by atoms with Crippen LogP contribution in [0.4, 0.5) is 5.69 Å². The Morgan fingerprint density at radius 1 is 1.21 bits per heavy atom. The first-order valence-corrected chi connectivity index (χ1v) is 10.3. The number of anilines is 1. The Kier molecular flexibility index (Phi) is 5.39. The number of nitrogens with zero attached hydrogens (tertiary/aromatic N) is 4. The molecule has 1 atom stereocenters. The van der Waals surface area contributed by atoms with Gasteiger partial charge < -0.3 is 9.47 Å². The van der Waals surface area contributed by atoms with Gasteiger partial charge in [-0.3, -0.25) is 14.5 Å². The van der Waals surface area contributed by atoms with Gasteiger partial charge in [-0.25, -0.2) is 0 Å². The van der Waals surface area contributed by atoms with Gasteiger partial charge in [0.25, 0.3) is 0 Å². The maximum Gasteiger partial charge on any atom is 0.245 e. The highest BCUT2D eigenvalue weighted by molar-refractivity contribution is 6.06. The summed E-state index contributed by atoms with van der Waals surface area (Å²) in [4.78, 5) is 30.0. The molecule has 1 saturated heterocycles. The molecule has 29 heavy (non-hydrogen) atoms. The molecular weight excluding hydrogens is 364 g/mol. The van der Waals surface area contributed by atoms with Crippen molar-refractivity contribution in [1.29, 1.82) is 5.26 Å². The van der Waals surface area contributed by atoms with E-state index in [4.69, 9.17) is 0 Å². The summed E-state index contributed by atoms with van der Waals surface area (Å²) in [6.45, 7) is 4.22. The van der Waals surface area contributed by atoms with Crippen LogP contribution in [0.3, 0.4) is 0 Å². The van der Waals surface area contributed by atoms with E-state index in [1.807, 2.05) is 46.0 Å². The fourth-order valence-corrected chi connectivity index (χ4v) is 4.39. The molecule has 1 aromatic heterocycles. The Labute approximate surface area is 171 Å². The lowest BCUT2D eigenvalue weighted by Gasteiger charge is -2.36. The van der Waals surface area contributed by atoms with Crippen LogP contribution in [0.2, 0.25) is 0 Å². The van der Waals surface area contributed by atoms with Gasteiger partial charge in [0.1, 0.15) is 17.8 Å². The number of para-hydroxylation sites is 1. The van der Waals surface area contributed by atoms with Crippen LogP contribution in [0.1, 0.15) is 37.4 Å². The Balaban J connectivity index is 1.61. The van der Waals surface area contributed by atoms with E-state index in [-0.39, 0.29) is 11.8 Å². The van der Waals surface area contributed by atoms with Crippen LogP contribution in [-0.2, 0) is 22.6 Å². The van der Waals surface area contributed by atoms with Gasteiger partial charge in [-0.15, -0.1) is 0 Å². The number of carbonyl (C=O) groups is 2. The van der Waals surface area contributed by atoms with E-state index in [0.717, 1.165) is 37.2 Å². The molecular formula is C23H26N4O2. The predicted octanol–water partition coefficient (Wildman–Crippen LogP) is 2.97. The zero-order valence-electron chi connectivity index (χ0n) is 16.8. The van der Waals surface area contributed by atoms with E-state index in [9.17, 15) is 14.9 Å². The Bertz CT molecular complexity index is 950. The molecule has 2 aliphatic rings. The second-order valence-corrected chi connectivity index (χ2v) is 8.08. The summed E-state index contributed by atoms with van der Waals surface area (Å²) in [5.41, 5.74) is 2.38. The van der Waals surface area contributed by atoms with Gasteiger partial charge in [-0.05, 0) is 48.9 Å². The largest absolute Gasteiger partial charge is 0.341 e. The van der Waals surface area contributed by atoms with Gasteiger partial charge in [0.15, 0.2) is 0 Å². The number of fused-ring (bicyclic) bond motifs is 1. The highest BCUT2D eigenvalue weighted by Gasteiger charge is 2.38. The lowest BCUT2D eigenvalue weighted by molar-refractivity contribution is -0.135. The van der Waals surface area contributed by atoms with Crippen LogP contribution < -0.4 is 4.90 Å². The number of aryl methyl sites for hydroxylation is 1. The van der Waals surface area contributed by atoms with Crippen molar-refractivity contribution in [2.24, 2.45) is 5.92 Å². The Morgan fingerprint density at radius 2 is 1.97 bits per heavy atom. The van der Waals surface area contributed by atoms with Crippen molar-refractivity contribution >= 4 is 17.5 Å². The molecule has 4 rings (SSSR count). The quantitative estimate of drug-likeness (QED) is 0.788. The Hall–Kier alpha value is -3.07. The number of piperidine rings is 1. The van der Waals surface area contributed by atoms with Crippen LogP contribution in [0.15, 0.2) is 42.6 Å². The van der Waals surface area contributed by atoms with E-state index < -0.39 is 6.04 Å². The van der Waals surface area contributed by atoms with Crippen LogP contribution in [0, 0.1) is 17.2 Å². The average Bonchev–Trinajstić information content (AvgIpc) is 3.32.